The van der Waals surface area contributed by atoms with Crippen LogP contribution in [0.4, 0.5) is 0 Å². The molecule has 5 heteroatoms. The van der Waals surface area contributed by atoms with Crippen molar-refractivity contribution in [2.45, 2.75) is 24.9 Å². The van der Waals surface area contributed by atoms with E-state index in [1.54, 1.807) is 11.3 Å². The van der Waals surface area contributed by atoms with Gasteiger partial charge < -0.3 is 10.5 Å². The fraction of sp³-hybridized carbons (Fsp3) is 0.667. The van der Waals surface area contributed by atoms with E-state index in [1.807, 2.05) is 6.07 Å². The molecule has 0 saturated carbocycles. The maximum absolute atomic E-state index is 5.99. The monoisotopic (exact) mass is 274 g/mol. The molecule has 2 rings (SSSR count). The average Bonchev–Trinajstić information content (AvgIpc) is 2.78. The van der Waals surface area contributed by atoms with Crippen LogP contribution in [0.1, 0.15) is 23.8 Å². The van der Waals surface area contributed by atoms with Crippen molar-refractivity contribution in [1.29, 1.82) is 0 Å². The maximum Gasteiger partial charge on any atom is 0.0931 e. The van der Waals surface area contributed by atoms with Crippen molar-refractivity contribution in [3.05, 3.63) is 21.3 Å². The zero-order valence-corrected chi connectivity index (χ0v) is 11.6. The van der Waals surface area contributed by atoms with Crippen molar-refractivity contribution in [1.82, 2.24) is 4.90 Å². The highest BCUT2D eigenvalue weighted by Crippen LogP contribution is 2.31. The van der Waals surface area contributed by atoms with E-state index in [-0.39, 0.29) is 6.04 Å². The van der Waals surface area contributed by atoms with Crippen LogP contribution >= 0.6 is 22.9 Å². The molecule has 2 N–H and O–H groups in total. The van der Waals surface area contributed by atoms with Gasteiger partial charge in [-0.15, -0.1) is 11.3 Å². The van der Waals surface area contributed by atoms with Crippen molar-refractivity contribution >= 4 is 22.9 Å². The summed E-state index contributed by atoms with van der Waals surface area (Å²) in [6.45, 7) is 2.35. The first-order valence-corrected chi connectivity index (χ1v) is 7.17. The molecule has 1 fully saturated rings. The Kier molecular flexibility index (Phi) is 4.82. The van der Waals surface area contributed by atoms with Crippen LogP contribution in [0, 0.1) is 0 Å². The fourth-order valence-corrected chi connectivity index (χ4v) is 3.56. The van der Waals surface area contributed by atoms with Crippen LogP contribution in [0.15, 0.2) is 12.1 Å². The molecular formula is C12H19ClN2OS. The van der Waals surface area contributed by atoms with Crippen LogP contribution in [-0.4, -0.2) is 37.7 Å². The molecule has 1 atom stereocenters. The van der Waals surface area contributed by atoms with Gasteiger partial charge in [0.15, 0.2) is 0 Å². The van der Waals surface area contributed by atoms with Crippen LogP contribution in [0.25, 0.3) is 0 Å². The molecule has 1 aliphatic heterocycles. The van der Waals surface area contributed by atoms with Crippen molar-refractivity contribution in [2.75, 3.05) is 26.8 Å². The zero-order valence-electron chi connectivity index (χ0n) is 10.1. The Hall–Kier alpha value is -0.130. The highest BCUT2D eigenvalue weighted by Gasteiger charge is 2.25. The van der Waals surface area contributed by atoms with E-state index in [1.165, 1.54) is 4.88 Å². The van der Waals surface area contributed by atoms with Crippen LogP contribution in [-0.2, 0) is 4.74 Å². The summed E-state index contributed by atoms with van der Waals surface area (Å²) in [5.41, 5.74) is 5.91. The zero-order chi connectivity index (χ0) is 12.3. The Labute approximate surface area is 112 Å². The lowest BCUT2D eigenvalue weighted by atomic mass is 10.0. The molecule has 0 amide bonds. The van der Waals surface area contributed by atoms with E-state index in [4.69, 9.17) is 22.1 Å². The first-order valence-electron chi connectivity index (χ1n) is 5.97. The lowest BCUT2D eigenvalue weighted by Gasteiger charge is -2.36. The minimum absolute atomic E-state index is 0.274. The van der Waals surface area contributed by atoms with Gasteiger partial charge in [-0.1, -0.05) is 11.6 Å². The van der Waals surface area contributed by atoms with Gasteiger partial charge >= 0.3 is 0 Å². The molecule has 0 aliphatic carbocycles. The second kappa shape index (κ2) is 6.16. The summed E-state index contributed by atoms with van der Waals surface area (Å²) in [5.74, 6) is 0. The normalized spacial score (nSPS) is 19.8. The molecule has 0 bridgehead atoms. The lowest BCUT2D eigenvalue weighted by Crippen LogP contribution is -2.41. The summed E-state index contributed by atoms with van der Waals surface area (Å²) in [6.07, 6.45) is 2.18. The van der Waals surface area contributed by atoms with Crippen molar-refractivity contribution in [3.63, 3.8) is 0 Å². The number of likely N-dealkylation sites (N-methyl/N-ethyl adjacent to an activating group) is 1. The molecule has 1 aromatic rings. The Bertz CT molecular complexity index is 352. The topological polar surface area (TPSA) is 38.5 Å². The maximum atomic E-state index is 5.99. The number of hydrogen-bond acceptors (Lipinski definition) is 4. The van der Waals surface area contributed by atoms with Crippen LogP contribution in [0.3, 0.4) is 0 Å². The second-order valence-electron chi connectivity index (χ2n) is 4.40. The number of ether oxygens (including phenoxy) is 1. The molecule has 1 aromatic heterocycles. The van der Waals surface area contributed by atoms with Crippen molar-refractivity contribution < 1.29 is 4.74 Å². The molecule has 1 unspecified atom stereocenters. The molecule has 0 radical (unpaired) electrons. The minimum Gasteiger partial charge on any atom is -0.381 e. The van der Waals surface area contributed by atoms with E-state index < -0.39 is 0 Å². The summed E-state index contributed by atoms with van der Waals surface area (Å²) in [5, 5.41) is 0. The molecule has 96 valence electrons. The molecule has 1 saturated heterocycles. The van der Waals surface area contributed by atoms with E-state index in [9.17, 15) is 0 Å². The summed E-state index contributed by atoms with van der Waals surface area (Å²) in [6, 6.07) is 4.87. The Morgan fingerprint density at radius 1 is 1.53 bits per heavy atom. The molecule has 3 nitrogen and oxygen atoms in total. The number of rotatable bonds is 4. The van der Waals surface area contributed by atoms with Gasteiger partial charge in [0.2, 0.25) is 0 Å². The second-order valence-corrected chi connectivity index (χ2v) is 6.15. The highest BCUT2D eigenvalue weighted by atomic mass is 35.5. The first-order chi connectivity index (χ1) is 8.22. The smallest absolute Gasteiger partial charge is 0.0931 e. The SMILES string of the molecule is CN(C1CCOCC1)C(CN)c1ccc(Cl)s1. The van der Waals surface area contributed by atoms with Crippen LogP contribution < -0.4 is 5.73 Å². The Morgan fingerprint density at radius 3 is 2.76 bits per heavy atom. The van der Waals surface area contributed by atoms with Crippen molar-refractivity contribution in [2.24, 2.45) is 5.73 Å². The van der Waals surface area contributed by atoms with E-state index in [2.05, 4.69) is 18.0 Å². The summed E-state index contributed by atoms with van der Waals surface area (Å²) in [4.78, 5) is 3.64. The number of halogens is 1. The molecule has 1 aliphatic rings. The molecule has 2 heterocycles. The summed E-state index contributed by atoms with van der Waals surface area (Å²) >= 11 is 7.62. The van der Waals surface area contributed by atoms with Gasteiger partial charge in [-0.3, -0.25) is 4.90 Å². The Morgan fingerprint density at radius 2 is 2.24 bits per heavy atom. The van der Waals surface area contributed by atoms with E-state index in [0.29, 0.717) is 12.6 Å². The molecule has 0 aromatic carbocycles. The minimum atomic E-state index is 0.274. The van der Waals surface area contributed by atoms with Crippen molar-refractivity contribution in [3.8, 4) is 0 Å². The number of hydrogen-bond donors (Lipinski definition) is 1. The van der Waals surface area contributed by atoms with Gasteiger partial charge in [0, 0.05) is 30.7 Å². The van der Waals surface area contributed by atoms with Gasteiger partial charge in [0.05, 0.1) is 10.4 Å². The number of nitrogens with zero attached hydrogens (tertiary/aromatic N) is 1. The largest absolute Gasteiger partial charge is 0.381 e. The summed E-state index contributed by atoms with van der Waals surface area (Å²) < 4.78 is 6.23. The van der Waals surface area contributed by atoms with Gasteiger partial charge in [-0.2, -0.15) is 0 Å². The number of nitrogens with two attached hydrogens (primary N) is 1. The van der Waals surface area contributed by atoms with Gasteiger partial charge in [0.25, 0.3) is 0 Å². The standard InChI is InChI=1S/C12H19ClN2OS/c1-15(9-4-6-16-7-5-9)10(8-14)11-2-3-12(13)17-11/h2-3,9-10H,4-8,14H2,1H3. The third-order valence-corrected chi connectivity index (χ3v) is 4.74. The Balaban J connectivity index is 2.06. The third-order valence-electron chi connectivity index (χ3n) is 3.40. The third kappa shape index (κ3) is 3.20. The van der Waals surface area contributed by atoms with E-state index >= 15 is 0 Å². The van der Waals surface area contributed by atoms with Gasteiger partial charge in [0.1, 0.15) is 0 Å². The predicted molar refractivity (Wildman–Crippen MR) is 72.7 cm³/mol. The molecule has 17 heavy (non-hydrogen) atoms. The molecule has 0 spiro atoms. The van der Waals surface area contributed by atoms with E-state index in [0.717, 1.165) is 30.4 Å². The highest BCUT2D eigenvalue weighted by molar-refractivity contribution is 7.16. The summed E-state index contributed by atoms with van der Waals surface area (Å²) in [7, 11) is 2.15. The number of thiophene rings is 1. The van der Waals surface area contributed by atoms with Crippen LogP contribution in [0.5, 0.6) is 0 Å². The van der Waals surface area contributed by atoms with Crippen LogP contribution in [0.2, 0.25) is 4.34 Å². The lowest BCUT2D eigenvalue weighted by molar-refractivity contribution is 0.0299. The first kappa shape index (κ1) is 13.3. The predicted octanol–water partition coefficient (Wildman–Crippen LogP) is 2.51. The van der Waals surface area contributed by atoms with Gasteiger partial charge in [-0.25, -0.2) is 0 Å². The van der Waals surface area contributed by atoms with Gasteiger partial charge in [-0.05, 0) is 32.0 Å². The quantitative estimate of drug-likeness (QED) is 0.917. The fourth-order valence-electron chi connectivity index (χ4n) is 2.34. The molecular weight excluding hydrogens is 256 g/mol. The average molecular weight is 275 g/mol.